The highest BCUT2D eigenvalue weighted by molar-refractivity contribution is 5.92. The van der Waals surface area contributed by atoms with Crippen LogP contribution in [0.2, 0.25) is 0 Å². The Kier molecular flexibility index (Phi) is 4.69. The Morgan fingerprint density at radius 1 is 0.962 bits per heavy atom. The van der Waals surface area contributed by atoms with Crippen molar-refractivity contribution in [1.82, 2.24) is 10.2 Å². The van der Waals surface area contributed by atoms with Gasteiger partial charge in [0.05, 0.1) is 0 Å². The third-order valence-corrected chi connectivity index (χ3v) is 5.17. The van der Waals surface area contributed by atoms with Gasteiger partial charge in [0, 0.05) is 37.8 Å². The molecule has 1 aromatic carbocycles. The number of carbonyl (C=O) groups excluding carboxylic acids is 1. The van der Waals surface area contributed by atoms with Gasteiger partial charge in [-0.25, -0.2) is 4.39 Å². The lowest BCUT2D eigenvalue weighted by Gasteiger charge is -2.36. The van der Waals surface area contributed by atoms with Crippen molar-refractivity contribution >= 4 is 23.2 Å². The number of carbonyl (C=O) groups is 1. The minimum atomic E-state index is -0.216. The highest BCUT2D eigenvalue weighted by atomic mass is 19.1. The standard InChI is InChI=1S/C19H22FN5O/c20-15-4-6-16(7-5-15)24-10-12-25(13-11-24)18-9-8-17(22-23-18)21-19(26)14-2-1-3-14/h4-9,14H,1-3,10-13H2,(H,21,22,26). The summed E-state index contributed by atoms with van der Waals surface area (Å²) >= 11 is 0. The molecule has 0 bridgehead atoms. The predicted molar refractivity (Wildman–Crippen MR) is 98.8 cm³/mol. The Bertz CT molecular complexity index is 753. The number of piperazine rings is 1. The number of nitrogens with one attached hydrogen (secondary N) is 1. The van der Waals surface area contributed by atoms with Gasteiger partial charge in [-0.15, -0.1) is 10.2 Å². The third kappa shape index (κ3) is 3.61. The molecule has 2 aliphatic rings. The fourth-order valence-electron chi connectivity index (χ4n) is 3.30. The maximum atomic E-state index is 13.0. The summed E-state index contributed by atoms with van der Waals surface area (Å²) in [7, 11) is 0. The quantitative estimate of drug-likeness (QED) is 0.914. The van der Waals surface area contributed by atoms with E-state index in [1.807, 2.05) is 24.3 Å². The van der Waals surface area contributed by atoms with Gasteiger partial charge in [-0.05, 0) is 49.2 Å². The van der Waals surface area contributed by atoms with Crippen molar-refractivity contribution in [2.24, 2.45) is 5.92 Å². The average Bonchev–Trinajstić information content (AvgIpc) is 2.62. The van der Waals surface area contributed by atoms with Crippen molar-refractivity contribution in [1.29, 1.82) is 0 Å². The van der Waals surface area contributed by atoms with Crippen LogP contribution >= 0.6 is 0 Å². The highest BCUT2D eigenvalue weighted by Crippen LogP contribution is 2.27. The molecule has 1 aliphatic heterocycles. The largest absolute Gasteiger partial charge is 0.368 e. The summed E-state index contributed by atoms with van der Waals surface area (Å²) in [6, 6.07) is 10.3. The van der Waals surface area contributed by atoms with Crippen LogP contribution in [0.15, 0.2) is 36.4 Å². The molecule has 2 fully saturated rings. The molecule has 7 heteroatoms. The van der Waals surface area contributed by atoms with Crippen molar-refractivity contribution in [3.63, 3.8) is 0 Å². The van der Waals surface area contributed by atoms with E-state index < -0.39 is 0 Å². The second kappa shape index (κ2) is 7.27. The van der Waals surface area contributed by atoms with E-state index in [1.54, 1.807) is 0 Å². The maximum absolute atomic E-state index is 13.0. The highest BCUT2D eigenvalue weighted by Gasteiger charge is 2.25. The second-order valence-corrected chi connectivity index (χ2v) is 6.84. The molecule has 2 heterocycles. The van der Waals surface area contributed by atoms with Crippen LogP contribution < -0.4 is 15.1 Å². The Hall–Kier alpha value is -2.70. The summed E-state index contributed by atoms with van der Waals surface area (Å²) < 4.78 is 13.0. The van der Waals surface area contributed by atoms with E-state index in [2.05, 4.69) is 25.3 Å². The lowest BCUT2D eigenvalue weighted by Crippen LogP contribution is -2.46. The molecule has 0 radical (unpaired) electrons. The third-order valence-electron chi connectivity index (χ3n) is 5.17. The lowest BCUT2D eigenvalue weighted by atomic mass is 9.85. The van der Waals surface area contributed by atoms with Crippen LogP contribution in [0.25, 0.3) is 0 Å². The van der Waals surface area contributed by atoms with Crippen molar-refractivity contribution in [3.05, 3.63) is 42.2 Å². The molecule has 2 aromatic rings. The first-order chi connectivity index (χ1) is 12.7. The fraction of sp³-hybridized carbons (Fsp3) is 0.421. The van der Waals surface area contributed by atoms with E-state index in [4.69, 9.17) is 0 Å². The van der Waals surface area contributed by atoms with Gasteiger partial charge in [-0.1, -0.05) is 6.42 Å². The Labute approximate surface area is 152 Å². The molecular weight excluding hydrogens is 333 g/mol. The molecule has 136 valence electrons. The Morgan fingerprint density at radius 2 is 1.65 bits per heavy atom. The molecule has 1 aromatic heterocycles. The van der Waals surface area contributed by atoms with Crippen LogP contribution in [0.1, 0.15) is 19.3 Å². The van der Waals surface area contributed by atoms with Crippen LogP contribution in [0.3, 0.4) is 0 Å². The second-order valence-electron chi connectivity index (χ2n) is 6.84. The van der Waals surface area contributed by atoms with Crippen LogP contribution in [0.5, 0.6) is 0 Å². The molecule has 1 N–H and O–H groups in total. The number of anilines is 3. The van der Waals surface area contributed by atoms with Crippen molar-refractivity contribution < 1.29 is 9.18 Å². The zero-order chi connectivity index (χ0) is 17.9. The fourth-order valence-corrected chi connectivity index (χ4v) is 3.30. The van der Waals surface area contributed by atoms with Crippen LogP contribution in [0, 0.1) is 11.7 Å². The first-order valence-corrected chi connectivity index (χ1v) is 9.09. The number of rotatable bonds is 4. The van der Waals surface area contributed by atoms with Crippen molar-refractivity contribution in [3.8, 4) is 0 Å². The van der Waals surface area contributed by atoms with Crippen LogP contribution in [0.4, 0.5) is 21.7 Å². The topological polar surface area (TPSA) is 61.4 Å². The number of hydrogen-bond acceptors (Lipinski definition) is 5. The maximum Gasteiger partial charge on any atom is 0.228 e. The van der Waals surface area contributed by atoms with Gasteiger partial charge in [0.25, 0.3) is 0 Å². The van der Waals surface area contributed by atoms with Gasteiger partial charge >= 0.3 is 0 Å². The first kappa shape index (κ1) is 16.8. The van der Waals surface area contributed by atoms with Gasteiger partial charge in [0.2, 0.25) is 5.91 Å². The molecule has 0 unspecified atom stereocenters. The lowest BCUT2D eigenvalue weighted by molar-refractivity contribution is -0.122. The monoisotopic (exact) mass is 355 g/mol. The summed E-state index contributed by atoms with van der Waals surface area (Å²) in [6.07, 6.45) is 3.07. The molecule has 1 saturated heterocycles. The molecule has 0 spiro atoms. The van der Waals surface area contributed by atoms with Gasteiger partial charge in [0.1, 0.15) is 5.82 Å². The minimum Gasteiger partial charge on any atom is -0.368 e. The smallest absolute Gasteiger partial charge is 0.228 e. The van der Waals surface area contributed by atoms with E-state index in [0.717, 1.165) is 56.9 Å². The van der Waals surface area contributed by atoms with Gasteiger partial charge in [0.15, 0.2) is 11.6 Å². The summed E-state index contributed by atoms with van der Waals surface area (Å²) in [4.78, 5) is 16.4. The molecule has 4 rings (SSSR count). The number of amides is 1. The summed E-state index contributed by atoms with van der Waals surface area (Å²) in [5, 5.41) is 11.2. The minimum absolute atomic E-state index is 0.0474. The number of halogens is 1. The zero-order valence-electron chi connectivity index (χ0n) is 14.6. The van der Waals surface area contributed by atoms with Crippen molar-refractivity contribution in [2.75, 3.05) is 41.3 Å². The van der Waals surface area contributed by atoms with Gasteiger partial charge in [-0.3, -0.25) is 4.79 Å². The van der Waals surface area contributed by atoms with Crippen LogP contribution in [-0.2, 0) is 4.79 Å². The molecule has 0 atom stereocenters. The van der Waals surface area contributed by atoms with Gasteiger partial charge < -0.3 is 15.1 Å². The summed E-state index contributed by atoms with van der Waals surface area (Å²) in [6.45, 7) is 3.32. The normalized spacial score (nSPS) is 17.7. The van der Waals surface area contributed by atoms with E-state index >= 15 is 0 Å². The van der Waals surface area contributed by atoms with E-state index in [-0.39, 0.29) is 17.6 Å². The number of benzene rings is 1. The first-order valence-electron chi connectivity index (χ1n) is 9.09. The van der Waals surface area contributed by atoms with Crippen molar-refractivity contribution in [2.45, 2.75) is 19.3 Å². The molecule has 1 saturated carbocycles. The number of nitrogens with zero attached hydrogens (tertiary/aromatic N) is 4. The molecule has 1 amide bonds. The van der Waals surface area contributed by atoms with E-state index in [1.165, 1.54) is 12.1 Å². The summed E-state index contributed by atoms with van der Waals surface area (Å²) in [5.74, 6) is 1.29. The van der Waals surface area contributed by atoms with Gasteiger partial charge in [-0.2, -0.15) is 0 Å². The number of aromatic nitrogens is 2. The molecule has 6 nitrogen and oxygen atoms in total. The molecule has 26 heavy (non-hydrogen) atoms. The number of hydrogen-bond donors (Lipinski definition) is 1. The SMILES string of the molecule is O=C(Nc1ccc(N2CCN(c3ccc(F)cc3)CC2)nn1)C1CCC1. The molecule has 1 aliphatic carbocycles. The molecular formula is C19H22FN5O. The average molecular weight is 355 g/mol. The Balaban J connectivity index is 1.32. The zero-order valence-corrected chi connectivity index (χ0v) is 14.6. The summed E-state index contributed by atoms with van der Waals surface area (Å²) in [5.41, 5.74) is 1.03. The van der Waals surface area contributed by atoms with Crippen LogP contribution in [-0.4, -0.2) is 42.3 Å². The van der Waals surface area contributed by atoms with E-state index in [0.29, 0.717) is 5.82 Å². The predicted octanol–water partition coefficient (Wildman–Crippen LogP) is 2.68. The Morgan fingerprint density at radius 3 is 2.23 bits per heavy atom. The van der Waals surface area contributed by atoms with E-state index in [9.17, 15) is 9.18 Å².